The van der Waals surface area contributed by atoms with E-state index in [9.17, 15) is 4.39 Å². The van der Waals surface area contributed by atoms with E-state index in [1.807, 2.05) is 0 Å². The quantitative estimate of drug-likeness (QED) is 0.614. The van der Waals surface area contributed by atoms with Gasteiger partial charge in [0, 0.05) is 0 Å². The van der Waals surface area contributed by atoms with Crippen molar-refractivity contribution >= 4 is 0 Å². The maximum atomic E-state index is 12.4. The lowest BCUT2D eigenvalue weighted by Gasteiger charge is -2.54. The van der Waals surface area contributed by atoms with E-state index in [2.05, 4.69) is 0 Å². The molecule has 4 aliphatic carbocycles. The molecule has 1 heteroatoms. The van der Waals surface area contributed by atoms with Gasteiger partial charge in [0.25, 0.3) is 0 Å². The van der Waals surface area contributed by atoms with Gasteiger partial charge in [-0.2, -0.15) is 0 Å². The fraction of sp³-hybridized carbons (Fsp3) is 1.00. The first-order valence-corrected chi connectivity index (χ1v) is 5.92. The van der Waals surface area contributed by atoms with E-state index in [1.165, 1.54) is 32.1 Å². The van der Waals surface area contributed by atoms with Crippen LogP contribution < -0.4 is 0 Å². The van der Waals surface area contributed by atoms with Crippen molar-refractivity contribution in [1.29, 1.82) is 0 Å². The van der Waals surface area contributed by atoms with Crippen LogP contribution in [0.5, 0.6) is 0 Å². The summed E-state index contributed by atoms with van der Waals surface area (Å²) in [7, 11) is 0. The molecule has 4 fully saturated rings. The van der Waals surface area contributed by atoms with Crippen LogP contribution in [0.15, 0.2) is 0 Å². The first-order chi connectivity index (χ1) is 6.36. The Morgan fingerprint density at radius 2 is 1.38 bits per heavy atom. The predicted octanol–water partition coefficient (Wildman–Crippen LogP) is 3.42. The molecule has 4 saturated carbocycles. The lowest BCUT2D eigenvalue weighted by molar-refractivity contribution is -0.0415. The van der Waals surface area contributed by atoms with Crippen molar-refractivity contribution in [3.05, 3.63) is 0 Å². The molecule has 0 atom stereocenters. The smallest absolute Gasteiger partial charge is 0.0897 e. The molecule has 13 heavy (non-hydrogen) atoms. The second-order valence-electron chi connectivity index (χ2n) is 5.57. The van der Waals surface area contributed by atoms with Gasteiger partial charge in [-0.3, -0.25) is 4.39 Å². The Morgan fingerprint density at radius 1 is 0.846 bits per heavy atom. The summed E-state index contributed by atoms with van der Waals surface area (Å²) >= 11 is 0. The summed E-state index contributed by atoms with van der Waals surface area (Å²) in [5, 5.41) is 0. The Bertz CT molecular complexity index is 171. The SMILES string of the molecule is FCCC1C2CC3CC(C2)CC1C3. The van der Waals surface area contributed by atoms with Crippen molar-refractivity contribution in [3.8, 4) is 0 Å². The Labute approximate surface area is 79.9 Å². The molecule has 74 valence electrons. The third kappa shape index (κ3) is 1.23. The second kappa shape index (κ2) is 2.96. The highest BCUT2D eigenvalue weighted by atomic mass is 19.1. The van der Waals surface area contributed by atoms with Crippen LogP contribution in [0.2, 0.25) is 0 Å². The van der Waals surface area contributed by atoms with Gasteiger partial charge in [-0.15, -0.1) is 0 Å². The van der Waals surface area contributed by atoms with Gasteiger partial charge in [0.1, 0.15) is 0 Å². The average molecular weight is 182 g/mol. The van der Waals surface area contributed by atoms with Gasteiger partial charge in [0.15, 0.2) is 0 Å². The van der Waals surface area contributed by atoms with E-state index in [-0.39, 0.29) is 6.67 Å². The number of alkyl halides is 1. The second-order valence-corrected chi connectivity index (χ2v) is 5.57. The lowest BCUT2D eigenvalue weighted by Crippen LogP contribution is -2.45. The Hall–Kier alpha value is -0.0700. The van der Waals surface area contributed by atoms with Crippen LogP contribution in [0.25, 0.3) is 0 Å². The summed E-state index contributed by atoms with van der Waals surface area (Å²) < 4.78 is 12.4. The Balaban J connectivity index is 1.77. The zero-order valence-electron chi connectivity index (χ0n) is 8.21. The summed E-state index contributed by atoms with van der Waals surface area (Å²) in [5.74, 6) is 4.70. The monoisotopic (exact) mass is 182 g/mol. The van der Waals surface area contributed by atoms with Crippen molar-refractivity contribution in [2.45, 2.75) is 38.5 Å². The minimum absolute atomic E-state index is 0.0764. The first-order valence-electron chi connectivity index (χ1n) is 5.92. The molecule has 0 aromatic rings. The number of hydrogen-bond donors (Lipinski definition) is 0. The summed E-state index contributed by atoms with van der Waals surface area (Å²) in [6.45, 7) is -0.0764. The maximum Gasteiger partial charge on any atom is 0.0897 e. The normalized spacial score (nSPS) is 52.8. The summed E-state index contributed by atoms with van der Waals surface area (Å²) in [6, 6.07) is 0. The molecule has 4 bridgehead atoms. The van der Waals surface area contributed by atoms with E-state index in [4.69, 9.17) is 0 Å². The van der Waals surface area contributed by atoms with Crippen LogP contribution in [0.1, 0.15) is 38.5 Å². The van der Waals surface area contributed by atoms with E-state index in [0.29, 0.717) is 0 Å². The molecule has 4 rings (SSSR count). The topological polar surface area (TPSA) is 0 Å². The third-order valence-electron chi connectivity index (χ3n) is 4.86. The molecule has 0 saturated heterocycles. The van der Waals surface area contributed by atoms with Gasteiger partial charge in [-0.1, -0.05) is 0 Å². The van der Waals surface area contributed by atoms with Gasteiger partial charge in [-0.05, 0) is 68.1 Å². The van der Waals surface area contributed by atoms with Gasteiger partial charge in [0.05, 0.1) is 6.67 Å². The van der Waals surface area contributed by atoms with E-state index < -0.39 is 0 Å². The molecule has 0 spiro atoms. The Kier molecular flexibility index (Phi) is 1.88. The minimum Gasteiger partial charge on any atom is -0.251 e. The van der Waals surface area contributed by atoms with Gasteiger partial charge < -0.3 is 0 Å². The molecule has 0 aliphatic heterocycles. The lowest BCUT2D eigenvalue weighted by atomic mass is 9.51. The van der Waals surface area contributed by atoms with Crippen molar-refractivity contribution in [2.24, 2.45) is 29.6 Å². The molecule has 0 unspecified atom stereocenters. The molecule has 0 nitrogen and oxygen atoms in total. The molecule has 4 aliphatic rings. The molecule has 0 amide bonds. The first kappa shape index (κ1) is 8.26. The molecule has 0 radical (unpaired) electrons. The summed E-state index contributed by atoms with van der Waals surface area (Å²) in [5.41, 5.74) is 0. The highest BCUT2D eigenvalue weighted by Gasteiger charge is 2.47. The van der Waals surface area contributed by atoms with Crippen LogP contribution in [0.4, 0.5) is 4.39 Å². The predicted molar refractivity (Wildman–Crippen MR) is 51.1 cm³/mol. The highest BCUT2D eigenvalue weighted by Crippen LogP contribution is 2.57. The van der Waals surface area contributed by atoms with Gasteiger partial charge in [-0.25, -0.2) is 0 Å². The van der Waals surface area contributed by atoms with Crippen LogP contribution >= 0.6 is 0 Å². The van der Waals surface area contributed by atoms with Gasteiger partial charge in [0.2, 0.25) is 0 Å². The summed E-state index contributed by atoms with van der Waals surface area (Å²) in [4.78, 5) is 0. The van der Waals surface area contributed by atoms with Crippen molar-refractivity contribution < 1.29 is 4.39 Å². The fourth-order valence-electron chi connectivity index (χ4n) is 4.64. The van der Waals surface area contributed by atoms with E-state index in [0.717, 1.165) is 36.0 Å². The van der Waals surface area contributed by atoms with Crippen molar-refractivity contribution in [3.63, 3.8) is 0 Å². The maximum absolute atomic E-state index is 12.4. The summed E-state index contributed by atoms with van der Waals surface area (Å²) in [6.07, 6.45) is 8.15. The molecule has 0 N–H and O–H groups in total. The largest absolute Gasteiger partial charge is 0.251 e. The van der Waals surface area contributed by atoms with E-state index in [1.54, 1.807) is 0 Å². The zero-order valence-corrected chi connectivity index (χ0v) is 8.21. The Morgan fingerprint density at radius 3 is 1.85 bits per heavy atom. The molecule has 0 aromatic heterocycles. The molecule has 0 heterocycles. The van der Waals surface area contributed by atoms with Crippen LogP contribution in [-0.2, 0) is 0 Å². The number of halogens is 1. The minimum atomic E-state index is -0.0764. The zero-order chi connectivity index (χ0) is 8.84. The molecular formula is C12H19F. The van der Waals surface area contributed by atoms with Crippen LogP contribution in [-0.4, -0.2) is 6.67 Å². The number of hydrogen-bond acceptors (Lipinski definition) is 0. The van der Waals surface area contributed by atoms with Crippen LogP contribution in [0, 0.1) is 29.6 Å². The standard InChI is InChI=1S/C12H19F/c13-2-1-12-10-4-8-3-9(6-10)7-11(12)5-8/h8-12H,1-7H2. The van der Waals surface area contributed by atoms with E-state index >= 15 is 0 Å². The number of rotatable bonds is 2. The molecule has 0 aromatic carbocycles. The average Bonchev–Trinajstić information content (AvgIpc) is 2.10. The van der Waals surface area contributed by atoms with Crippen LogP contribution in [0.3, 0.4) is 0 Å². The molecular weight excluding hydrogens is 163 g/mol. The third-order valence-corrected chi connectivity index (χ3v) is 4.86. The van der Waals surface area contributed by atoms with Gasteiger partial charge >= 0.3 is 0 Å². The van der Waals surface area contributed by atoms with Crippen molar-refractivity contribution in [2.75, 3.05) is 6.67 Å². The van der Waals surface area contributed by atoms with Crippen molar-refractivity contribution in [1.82, 2.24) is 0 Å². The highest BCUT2D eigenvalue weighted by molar-refractivity contribution is 4.97. The fourth-order valence-corrected chi connectivity index (χ4v) is 4.64.